The second kappa shape index (κ2) is 5.14. The number of pyridine rings is 1. The minimum absolute atomic E-state index is 0.0168. The van der Waals surface area contributed by atoms with Crippen LogP contribution >= 0.6 is 11.8 Å². The Bertz CT molecular complexity index is 581. The molecule has 0 fully saturated rings. The Kier molecular flexibility index (Phi) is 3.57. The lowest BCUT2D eigenvalue weighted by atomic mass is 10.3. The van der Waals surface area contributed by atoms with Gasteiger partial charge in [0.1, 0.15) is 5.03 Å². The van der Waals surface area contributed by atoms with Gasteiger partial charge in [-0.3, -0.25) is 0 Å². The van der Waals surface area contributed by atoms with E-state index >= 15 is 0 Å². The molecule has 0 bridgehead atoms. The molecule has 5 nitrogen and oxygen atoms in total. The number of hydrogen-bond donors (Lipinski definition) is 1. The molecule has 0 radical (unpaired) electrons. The second-order valence-electron chi connectivity index (χ2n) is 3.76. The first-order valence-electron chi connectivity index (χ1n) is 5.24. The number of hydrogen-bond acceptors (Lipinski definition) is 5. The monoisotopic (exact) mass is 261 g/mol. The Morgan fingerprint density at radius 2 is 2.06 bits per heavy atom. The SMILES string of the molecule is Cc1cc(C)nc(Sc2nccc(C(=O)O)n2)c1. The zero-order valence-electron chi connectivity index (χ0n) is 9.91. The van der Waals surface area contributed by atoms with Gasteiger partial charge in [-0.05, 0) is 49.4 Å². The van der Waals surface area contributed by atoms with Crippen LogP contribution in [0.5, 0.6) is 0 Å². The zero-order valence-corrected chi connectivity index (χ0v) is 10.7. The molecular formula is C12H11N3O2S. The molecule has 2 rings (SSSR count). The molecule has 0 saturated carbocycles. The van der Waals surface area contributed by atoms with Crippen LogP contribution in [0.1, 0.15) is 21.7 Å². The van der Waals surface area contributed by atoms with Gasteiger partial charge >= 0.3 is 5.97 Å². The van der Waals surface area contributed by atoms with Crippen LogP contribution in [0.4, 0.5) is 0 Å². The summed E-state index contributed by atoms with van der Waals surface area (Å²) in [5, 5.41) is 9.99. The minimum Gasteiger partial charge on any atom is -0.477 e. The van der Waals surface area contributed by atoms with E-state index in [0.717, 1.165) is 16.3 Å². The van der Waals surface area contributed by atoms with Crippen LogP contribution in [0.2, 0.25) is 0 Å². The fourth-order valence-electron chi connectivity index (χ4n) is 1.46. The van der Waals surface area contributed by atoms with E-state index < -0.39 is 5.97 Å². The van der Waals surface area contributed by atoms with Crippen LogP contribution in [0.15, 0.2) is 34.6 Å². The zero-order chi connectivity index (χ0) is 13.1. The van der Waals surface area contributed by atoms with Crippen molar-refractivity contribution in [3.8, 4) is 0 Å². The fraction of sp³-hybridized carbons (Fsp3) is 0.167. The molecule has 0 spiro atoms. The summed E-state index contributed by atoms with van der Waals surface area (Å²) in [7, 11) is 0. The Hall–Kier alpha value is -1.95. The predicted octanol–water partition coefficient (Wildman–Crippen LogP) is 2.34. The lowest BCUT2D eigenvalue weighted by Crippen LogP contribution is -2.01. The van der Waals surface area contributed by atoms with Crippen molar-refractivity contribution in [1.82, 2.24) is 15.0 Å². The summed E-state index contributed by atoms with van der Waals surface area (Å²) in [4.78, 5) is 23.1. The van der Waals surface area contributed by atoms with Gasteiger partial charge in [-0.25, -0.2) is 19.7 Å². The standard InChI is InChI=1S/C12H11N3O2S/c1-7-5-8(2)14-10(6-7)18-12-13-4-3-9(15-12)11(16)17/h3-6H,1-2H3,(H,16,17). The second-order valence-corrected chi connectivity index (χ2v) is 4.74. The molecule has 0 amide bonds. The molecule has 0 aliphatic heterocycles. The number of carbonyl (C=O) groups is 1. The highest BCUT2D eigenvalue weighted by atomic mass is 32.2. The maximum atomic E-state index is 10.8. The summed E-state index contributed by atoms with van der Waals surface area (Å²) in [6, 6.07) is 5.24. The number of aromatic carboxylic acids is 1. The molecular weight excluding hydrogens is 250 g/mol. The number of rotatable bonds is 3. The third kappa shape index (κ3) is 3.04. The number of aromatic nitrogens is 3. The number of carboxylic acid groups (broad SMARTS) is 1. The number of aryl methyl sites for hydroxylation is 2. The smallest absolute Gasteiger partial charge is 0.354 e. The molecule has 0 aliphatic rings. The van der Waals surface area contributed by atoms with E-state index in [1.54, 1.807) is 0 Å². The molecule has 0 saturated heterocycles. The highest BCUT2D eigenvalue weighted by molar-refractivity contribution is 7.99. The first-order chi connectivity index (χ1) is 8.54. The summed E-state index contributed by atoms with van der Waals surface area (Å²) in [6.45, 7) is 3.89. The van der Waals surface area contributed by atoms with Crippen molar-refractivity contribution in [2.75, 3.05) is 0 Å². The average Bonchev–Trinajstić information content (AvgIpc) is 2.27. The molecule has 1 N–H and O–H groups in total. The Labute approximate surface area is 108 Å². The summed E-state index contributed by atoms with van der Waals surface area (Å²) < 4.78 is 0. The molecule has 0 aromatic carbocycles. The van der Waals surface area contributed by atoms with Crippen molar-refractivity contribution in [2.45, 2.75) is 24.0 Å². The molecule has 2 aromatic rings. The summed E-state index contributed by atoms with van der Waals surface area (Å²) >= 11 is 1.25. The third-order valence-electron chi connectivity index (χ3n) is 2.12. The van der Waals surface area contributed by atoms with E-state index in [0.29, 0.717) is 5.16 Å². The summed E-state index contributed by atoms with van der Waals surface area (Å²) in [6.07, 6.45) is 1.43. The van der Waals surface area contributed by atoms with E-state index in [1.165, 1.54) is 24.0 Å². The first-order valence-corrected chi connectivity index (χ1v) is 6.06. The van der Waals surface area contributed by atoms with E-state index in [1.807, 2.05) is 26.0 Å². The molecule has 2 aromatic heterocycles. The molecule has 6 heteroatoms. The Morgan fingerprint density at radius 3 is 2.72 bits per heavy atom. The van der Waals surface area contributed by atoms with Crippen LogP contribution in [-0.2, 0) is 0 Å². The van der Waals surface area contributed by atoms with Crippen molar-refractivity contribution < 1.29 is 9.90 Å². The van der Waals surface area contributed by atoms with Crippen molar-refractivity contribution in [2.24, 2.45) is 0 Å². The van der Waals surface area contributed by atoms with Crippen LogP contribution in [0, 0.1) is 13.8 Å². The van der Waals surface area contributed by atoms with E-state index in [4.69, 9.17) is 5.11 Å². The van der Waals surface area contributed by atoms with Gasteiger partial charge in [-0.15, -0.1) is 0 Å². The molecule has 18 heavy (non-hydrogen) atoms. The molecule has 0 aliphatic carbocycles. The Balaban J connectivity index is 2.28. The fourth-order valence-corrected chi connectivity index (χ4v) is 2.34. The van der Waals surface area contributed by atoms with E-state index in [2.05, 4.69) is 15.0 Å². The first kappa shape index (κ1) is 12.5. The van der Waals surface area contributed by atoms with Crippen LogP contribution in [-0.4, -0.2) is 26.0 Å². The maximum Gasteiger partial charge on any atom is 0.354 e. The van der Waals surface area contributed by atoms with Gasteiger partial charge in [0.2, 0.25) is 0 Å². The van der Waals surface area contributed by atoms with Crippen LogP contribution < -0.4 is 0 Å². The lowest BCUT2D eigenvalue weighted by molar-refractivity contribution is 0.0689. The van der Waals surface area contributed by atoms with Gasteiger partial charge in [0.15, 0.2) is 10.9 Å². The topological polar surface area (TPSA) is 76.0 Å². The van der Waals surface area contributed by atoms with E-state index in [-0.39, 0.29) is 5.69 Å². The molecule has 0 unspecified atom stereocenters. The van der Waals surface area contributed by atoms with Gasteiger partial charge in [0.25, 0.3) is 0 Å². The number of nitrogens with zero attached hydrogens (tertiary/aromatic N) is 3. The molecule has 92 valence electrons. The Morgan fingerprint density at radius 1 is 1.28 bits per heavy atom. The van der Waals surface area contributed by atoms with Gasteiger partial charge in [0, 0.05) is 11.9 Å². The average molecular weight is 261 g/mol. The molecule has 2 heterocycles. The van der Waals surface area contributed by atoms with Crippen molar-refractivity contribution >= 4 is 17.7 Å². The number of carboxylic acids is 1. The van der Waals surface area contributed by atoms with Gasteiger partial charge in [-0.1, -0.05) is 0 Å². The van der Waals surface area contributed by atoms with Gasteiger partial charge in [0.05, 0.1) is 0 Å². The molecule has 0 atom stereocenters. The summed E-state index contributed by atoms with van der Waals surface area (Å²) in [5.41, 5.74) is 1.99. The normalized spacial score (nSPS) is 10.3. The van der Waals surface area contributed by atoms with Gasteiger partial charge < -0.3 is 5.11 Å². The van der Waals surface area contributed by atoms with Crippen LogP contribution in [0.3, 0.4) is 0 Å². The highest BCUT2D eigenvalue weighted by Crippen LogP contribution is 2.23. The third-order valence-corrected chi connectivity index (χ3v) is 2.92. The largest absolute Gasteiger partial charge is 0.477 e. The highest BCUT2D eigenvalue weighted by Gasteiger charge is 2.08. The minimum atomic E-state index is -1.06. The van der Waals surface area contributed by atoms with Crippen molar-refractivity contribution in [3.63, 3.8) is 0 Å². The van der Waals surface area contributed by atoms with Gasteiger partial charge in [-0.2, -0.15) is 0 Å². The van der Waals surface area contributed by atoms with Crippen molar-refractivity contribution in [1.29, 1.82) is 0 Å². The lowest BCUT2D eigenvalue weighted by Gasteiger charge is -2.03. The van der Waals surface area contributed by atoms with E-state index in [9.17, 15) is 4.79 Å². The predicted molar refractivity (Wildman–Crippen MR) is 66.8 cm³/mol. The quantitative estimate of drug-likeness (QED) is 0.855. The van der Waals surface area contributed by atoms with Crippen molar-refractivity contribution in [3.05, 3.63) is 41.3 Å². The van der Waals surface area contributed by atoms with Crippen LogP contribution in [0.25, 0.3) is 0 Å². The summed E-state index contributed by atoms with van der Waals surface area (Å²) in [5.74, 6) is -1.06. The maximum absolute atomic E-state index is 10.8.